The first-order chi connectivity index (χ1) is 6.81. The van der Waals surface area contributed by atoms with Crippen molar-refractivity contribution in [3.63, 3.8) is 0 Å². The first-order valence-electron chi connectivity index (χ1n) is 4.64. The zero-order valence-corrected chi connectivity index (χ0v) is 9.46. The Balaban J connectivity index is 0.00000112. The maximum Gasteiger partial charge on any atom is 0.0641 e. The molecule has 2 N–H and O–H groups in total. The Morgan fingerprint density at radius 2 is 2.13 bits per heavy atom. The fraction of sp³-hybridized carbons (Fsp3) is 0.273. The van der Waals surface area contributed by atoms with Gasteiger partial charge in [-0.05, 0) is 24.3 Å². The highest BCUT2D eigenvalue weighted by atomic mass is 35.5. The van der Waals surface area contributed by atoms with E-state index in [0.29, 0.717) is 0 Å². The fourth-order valence-corrected chi connectivity index (χ4v) is 1.60. The number of hydrogen-bond donors (Lipinski definition) is 1. The van der Waals surface area contributed by atoms with E-state index < -0.39 is 0 Å². The smallest absolute Gasteiger partial charge is 0.0641 e. The van der Waals surface area contributed by atoms with E-state index >= 15 is 0 Å². The van der Waals surface area contributed by atoms with Crippen LogP contribution in [-0.4, -0.2) is 18.3 Å². The first-order valence-corrected chi connectivity index (χ1v) is 4.64. The maximum absolute atomic E-state index is 5.70. The molecule has 0 aliphatic carbocycles. The molecule has 2 aromatic rings. The average molecular weight is 227 g/mol. The predicted octanol–water partition coefficient (Wildman–Crippen LogP) is 2.29. The van der Waals surface area contributed by atoms with Crippen LogP contribution >= 0.6 is 12.4 Å². The summed E-state index contributed by atoms with van der Waals surface area (Å²) in [4.78, 5) is 0. The number of ether oxygens (including phenoxy) is 1. The third-order valence-electron chi connectivity index (χ3n) is 2.33. The van der Waals surface area contributed by atoms with Crippen molar-refractivity contribution in [1.82, 2.24) is 4.57 Å². The third-order valence-corrected chi connectivity index (χ3v) is 2.33. The highest BCUT2D eigenvalue weighted by molar-refractivity contribution is 5.85. The molecule has 1 aromatic heterocycles. The van der Waals surface area contributed by atoms with Crippen molar-refractivity contribution in [2.75, 3.05) is 19.5 Å². The number of benzene rings is 1. The van der Waals surface area contributed by atoms with E-state index in [9.17, 15) is 0 Å². The SMILES string of the molecule is COCCn1ccc2cc(N)ccc21.Cl. The summed E-state index contributed by atoms with van der Waals surface area (Å²) in [6.45, 7) is 1.61. The van der Waals surface area contributed by atoms with Gasteiger partial charge in [-0.2, -0.15) is 0 Å². The van der Waals surface area contributed by atoms with E-state index in [1.165, 1.54) is 10.9 Å². The van der Waals surface area contributed by atoms with E-state index in [2.05, 4.69) is 16.8 Å². The van der Waals surface area contributed by atoms with Gasteiger partial charge in [-0.25, -0.2) is 0 Å². The highest BCUT2D eigenvalue weighted by Crippen LogP contribution is 2.18. The number of aromatic nitrogens is 1. The largest absolute Gasteiger partial charge is 0.399 e. The molecule has 4 heteroatoms. The topological polar surface area (TPSA) is 40.2 Å². The molecular formula is C11H15ClN2O. The molecule has 0 radical (unpaired) electrons. The number of methoxy groups -OCH3 is 1. The number of anilines is 1. The molecule has 0 aliphatic rings. The van der Waals surface area contributed by atoms with Crippen LogP contribution in [-0.2, 0) is 11.3 Å². The van der Waals surface area contributed by atoms with Crippen molar-refractivity contribution in [3.8, 4) is 0 Å². The van der Waals surface area contributed by atoms with Gasteiger partial charge in [0.1, 0.15) is 0 Å². The number of halogens is 1. The summed E-state index contributed by atoms with van der Waals surface area (Å²) in [5.74, 6) is 0. The second kappa shape index (κ2) is 5.05. The lowest BCUT2D eigenvalue weighted by Crippen LogP contribution is -2.02. The van der Waals surface area contributed by atoms with Crippen molar-refractivity contribution in [3.05, 3.63) is 30.5 Å². The van der Waals surface area contributed by atoms with Crippen LogP contribution in [0, 0.1) is 0 Å². The Morgan fingerprint density at radius 1 is 1.33 bits per heavy atom. The molecule has 0 aliphatic heterocycles. The summed E-state index contributed by atoms with van der Waals surface area (Å²) in [6, 6.07) is 8.02. The molecule has 15 heavy (non-hydrogen) atoms. The average Bonchev–Trinajstić information content (AvgIpc) is 2.57. The molecule has 0 saturated carbocycles. The molecule has 0 unspecified atom stereocenters. The molecule has 3 nitrogen and oxygen atoms in total. The van der Waals surface area contributed by atoms with Crippen molar-refractivity contribution >= 4 is 29.0 Å². The summed E-state index contributed by atoms with van der Waals surface area (Å²) in [5.41, 5.74) is 7.71. The van der Waals surface area contributed by atoms with E-state index in [4.69, 9.17) is 10.5 Å². The molecule has 1 heterocycles. The van der Waals surface area contributed by atoms with Crippen molar-refractivity contribution < 1.29 is 4.74 Å². The second-order valence-electron chi connectivity index (χ2n) is 3.32. The Bertz CT molecular complexity index is 439. The van der Waals surface area contributed by atoms with Gasteiger partial charge < -0.3 is 15.0 Å². The van der Waals surface area contributed by atoms with Crippen molar-refractivity contribution in [2.45, 2.75) is 6.54 Å². The Kier molecular flexibility index (Phi) is 4.00. The van der Waals surface area contributed by atoms with Gasteiger partial charge in [-0.1, -0.05) is 0 Å². The van der Waals surface area contributed by atoms with E-state index in [-0.39, 0.29) is 12.4 Å². The predicted molar refractivity (Wildman–Crippen MR) is 65.5 cm³/mol. The monoisotopic (exact) mass is 226 g/mol. The quantitative estimate of drug-likeness (QED) is 0.816. The van der Waals surface area contributed by atoms with Crippen LogP contribution in [0.25, 0.3) is 10.9 Å². The van der Waals surface area contributed by atoms with Crippen LogP contribution < -0.4 is 5.73 Å². The van der Waals surface area contributed by atoms with Gasteiger partial charge in [0.25, 0.3) is 0 Å². The highest BCUT2D eigenvalue weighted by Gasteiger charge is 2.00. The third kappa shape index (κ3) is 2.43. The lowest BCUT2D eigenvalue weighted by molar-refractivity contribution is 0.188. The first kappa shape index (κ1) is 11.9. The van der Waals surface area contributed by atoms with Crippen molar-refractivity contribution in [1.29, 1.82) is 0 Å². The van der Waals surface area contributed by atoms with Gasteiger partial charge >= 0.3 is 0 Å². The lowest BCUT2D eigenvalue weighted by atomic mass is 10.2. The van der Waals surface area contributed by atoms with Crippen LogP contribution in [0.1, 0.15) is 0 Å². The zero-order chi connectivity index (χ0) is 9.97. The molecule has 1 aromatic carbocycles. The molecule has 82 valence electrons. The Labute approximate surface area is 95.2 Å². The molecule has 2 rings (SSSR count). The fourth-order valence-electron chi connectivity index (χ4n) is 1.60. The molecule has 0 fully saturated rings. The van der Waals surface area contributed by atoms with E-state index in [1.807, 2.05) is 18.2 Å². The van der Waals surface area contributed by atoms with Crippen molar-refractivity contribution in [2.24, 2.45) is 0 Å². The standard InChI is InChI=1S/C11H14N2O.ClH/c1-14-7-6-13-5-4-9-8-10(12)2-3-11(9)13;/h2-5,8H,6-7,12H2,1H3;1H. The maximum atomic E-state index is 5.70. The summed E-state index contributed by atoms with van der Waals surface area (Å²) < 4.78 is 7.21. The van der Waals surface area contributed by atoms with Gasteiger partial charge in [0.15, 0.2) is 0 Å². The van der Waals surface area contributed by atoms with Crippen LogP contribution in [0.2, 0.25) is 0 Å². The number of nitrogens with two attached hydrogens (primary N) is 1. The minimum atomic E-state index is 0. The summed E-state index contributed by atoms with van der Waals surface area (Å²) in [7, 11) is 1.71. The number of hydrogen-bond acceptors (Lipinski definition) is 2. The number of rotatable bonds is 3. The summed E-state index contributed by atoms with van der Waals surface area (Å²) in [6.07, 6.45) is 2.06. The Hall–Kier alpha value is -1.19. The van der Waals surface area contributed by atoms with Gasteiger partial charge in [0.05, 0.1) is 6.61 Å². The van der Waals surface area contributed by atoms with Crippen LogP contribution in [0.5, 0.6) is 0 Å². The van der Waals surface area contributed by atoms with Gasteiger partial charge in [0, 0.05) is 36.4 Å². The summed E-state index contributed by atoms with van der Waals surface area (Å²) >= 11 is 0. The van der Waals surface area contributed by atoms with Crippen LogP contribution in [0.15, 0.2) is 30.5 Å². The lowest BCUT2D eigenvalue weighted by Gasteiger charge is -2.04. The van der Waals surface area contributed by atoms with Crippen LogP contribution in [0.4, 0.5) is 5.69 Å². The Morgan fingerprint density at radius 3 is 2.87 bits per heavy atom. The number of nitrogen functional groups attached to an aromatic ring is 1. The second-order valence-corrected chi connectivity index (χ2v) is 3.32. The van der Waals surface area contributed by atoms with Gasteiger partial charge in [-0.15, -0.1) is 12.4 Å². The molecular weight excluding hydrogens is 212 g/mol. The molecule has 0 atom stereocenters. The van der Waals surface area contributed by atoms with E-state index in [0.717, 1.165) is 18.8 Å². The number of fused-ring (bicyclic) bond motifs is 1. The summed E-state index contributed by atoms with van der Waals surface area (Å²) in [5, 5.41) is 1.18. The van der Waals surface area contributed by atoms with E-state index in [1.54, 1.807) is 7.11 Å². The van der Waals surface area contributed by atoms with Gasteiger partial charge in [-0.3, -0.25) is 0 Å². The molecule has 0 spiro atoms. The minimum absolute atomic E-state index is 0. The molecule has 0 saturated heterocycles. The number of nitrogens with zero attached hydrogens (tertiary/aromatic N) is 1. The van der Waals surface area contributed by atoms with Gasteiger partial charge in [0.2, 0.25) is 0 Å². The minimum Gasteiger partial charge on any atom is -0.399 e. The van der Waals surface area contributed by atoms with Crippen LogP contribution in [0.3, 0.4) is 0 Å². The normalized spacial score (nSPS) is 10.2. The zero-order valence-electron chi connectivity index (χ0n) is 8.64. The molecule has 0 bridgehead atoms. The molecule has 0 amide bonds.